The minimum atomic E-state index is -0.470. The Morgan fingerprint density at radius 3 is 3.00 bits per heavy atom. The van der Waals surface area contributed by atoms with E-state index < -0.39 is 6.10 Å². The Bertz CT molecular complexity index is 325. The van der Waals surface area contributed by atoms with Gasteiger partial charge >= 0.3 is 0 Å². The van der Waals surface area contributed by atoms with Gasteiger partial charge in [-0.1, -0.05) is 6.07 Å². The molecule has 12 heavy (non-hydrogen) atoms. The molecule has 0 radical (unpaired) electrons. The summed E-state index contributed by atoms with van der Waals surface area (Å²) in [7, 11) is 0. The van der Waals surface area contributed by atoms with Gasteiger partial charge < -0.3 is 5.11 Å². The molecule has 1 N–H and O–H groups in total. The van der Waals surface area contributed by atoms with Crippen LogP contribution in [0.3, 0.4) is 0 Å². The fraction of sp³-hybridized carbons (Fsp3) is 0.333. The van der Waals surface area contributed by atoms with Crippen molar-refractivity contribution in [3.8, 4) is 0 Å². The number of halogens is 2. The zero-order chi connectivity index (χ0) is 8.72. The molecule has 0 saturated carbocycles. The molecular weight excluding hydrogens is 223 g/mol. The molecule has 1 aliphatic rings. The van der Waals surface area contributed by atoms with Crippen LogP contribution in [0.4, 0.5) is 4.39 Å². The van der Waals surface area contributed by atoms with Crippen LogP contribution in [0.1, 0.15) is 23.7 Å². The van der Waals surface area contributed by atoms with E-state index in [4.69, 9.17) is 0 Å². The van der Waals surface area contributed by atoms with E-state index in [2.05, 4.69) is 15.9 Å². The molecule has 64 valence electrons. The molecule has 2 rings (SSSR count). The van der Waals surface area contributed by atoms with Crippen LogP contribution in [0.5, 0.6) is 0 Å². The van der Waals surface area contributed by atoms with Gasteiger partial charge in [-0.05, 0) is 46.0 Å². The monoisotopic (exact) mass is 230 g/mol. The van der Waals surface area contributed by atoms with Crippen LogP contribution in [0.15, 0.2) is 16.6 Å². The van der Waals surface area contributed by atoms with Crippen molar-refractivity contribution in [2.45, 2.75) is 18.9 Å². The van der Waals surface area contributed by atoms with Gasteiger partial charge in [0.15, 0.2) is 0 Å². The van der Waals surface area contributed by atoms with Crippen LogP contribution >= 0.6 is 15.9 Å². The third-order valence-electron chi connectivity index (χ3n) is 2.26. The highest BCUT2D eigenvalue weighted by Gasteiger charge is 2.23. The van der Waals surface area contributed by atoms with Crippen molar-refractivity contribution in [2.75, 3.05) is 0 Å². The largest absolute Gasteiger partial charge is 0.388 e. The molecule has 0 amide bonds. The number of fused-ring (bicyclic) bond motifs is 1. The molecule has 1 aliphatic carbocycles. The number of hydrogen-bond donors (Lipinski definition) is 1. The Morgan fingerprint density at radius 2 is 2.25 bits per heavy atom. The summed E-state index contributed by atoms with van der Waals surface area (Å²) in [6, 6.07) is 3.42. The quantitative estimate of drug-likeness (QED) is 0.727. The normalized spacial score (nSPS) is 21.1. The fourth-order valence-corrected chi connectivity index (χ4v) is 1.98. The summed E-state index contributed by atoms with van der Waals surface area (Å²) in [6.07, 6.45) is 0.812. The summed E-state index contributed by atoms with van der Waals surface area (Å²) in [6.45, 7) is 0. The van der Waals surface area contributed by atoms with Crippen molar-refractivity contribution >= 4 is 15.9 Å². The molecule has 3 heteroatoms. The summed E-state index contributed by atoms with van der Waals surface area (Å²) in [5.74, 6) is -0.218. The van der Waals surface area contributed by atoms with Crippen molar-refractivity contribution in [1.82, 2.24) is 0 Å². The highest BCUT2D eigenvalue weighted by Crippen LogP contribution is 2.35. The Balaban J connectivity index is 2.60. The molecule has 1 aromatic rings. The first-order valence-corrected chi connectivity index (χ1v) is 4.64. The van der Waals surface area contributed by atoms with Crippen molar-refractivity contribution < 1.29 is 9.50 Å². The minimum absolute atomic E-state index is 0.218. The van der Waals surface area contributed by atoms with Crippen molar-refractivity contribution in [1.29, 1.82) is 0 Å². The van der Waals surface area contributed by atoms with Crippen LogP contribution in [0.2, 0.25) is 0 Å². The van der Waals surface area contributed by atoms with Gasteiger partial charge in [0.1, 0.15) is 5.82 Å². The van der Waals surface area contributed by atoms with Gasteiger partial charge in [-0.15, -0.1) is 0 Å². The summed E-state index contributed by atoms with van der Waals surface area (Å²) in [4.78, 5) is 0. The number of aliphatic hydroxyl groups excluding tert-OH is 1. The zero-order valence-electron chi connectivity index (χ0n) is 6.35. The van der Waals surface area contributed by atoms with Gasteiger partial charge in [0.25, 0.3) is 0 Å². The lowest BCUT2D eigenvalue weighted by atomic mass is 10.1. The standard InChI is InChI=1S/C9H8BrFO/c10-7-3-1-5-6(9(7)11)2-4-8(5)12/h1,3,8,12H,2,4H2/t8-/m0/s1. The Morgan fingerprint density at radius 1 is 1.50 bits per heavy atom. The lowest BCUT2D eigenvalue weighted by Crippen LogP contribution is -1.92. The predicted octanol–water partition coefficient (Wildman–Crippen LogP) is 2.57. The van der Waals surface area contributed by atoms with E-state index in [1.165, 1.54) is 0 Å². The third kappa shape index (κ3) is 1.08. The van der Waals surface area contributed by atoms with E-state index in [1.54, 1.807) is 12.1 Å². The fourth-order valence-electron chi connectivity index (χ4n) is 1.61. The lowest BCUT2D eigenvalue weighted by molar-refractivity contribution is 0.180. The predicted molar refractivity (Wildman–Crippen MR) is 47.4 cm³/mol. The van der Waals surface area contributed by atoms with E-state index in [-0.39, 0.29) is 5.82 Å². The lowest BCUT2D eigenvalue weighted by Gasteiger charge is -2.04. The van der Waals surface area contributed by atoms with Crippen molar-refractivity contribution in [3.05, 3.63) is 33.5 Å². The van der Waals surface area contributed by atoms with Gasteiger partial charge in [-0.25, -0.2) is 4.39 Å². The summed E-state index contributed by atoms with van der Waals surface area (Å²) >= 11 is 3.11. The number of hydrogen-bond acceptors (Lipinski definition) is 1. The molecule has 0 spiro atoms. The van der Waals surface area contributed by atoms with Gasteiger partial charge in [0.2, 0.25) is 0 Å². The second kappa shape index (κ2) is 2.82. The first kappa shape index (κ1) is 8.20. The maximum atomic E-state index is 13.3. The van der Waals surface area contributed by atoms with Crippen LogP contribution in [0, 0.1) is 5.82 Å². The maximum absolute atomic E-state index is 13.3. The molecule has 0 aromatic heterocycles. The Kier molecular flexibility index (Phi) is 1.93. The van der Waals surface area contributed by atoms with E-state index >= 15 is 0 Å². The zero-order valence-corrected chi connectivity index (χ0v) is 7.94. The molecule has 0 fully saturated rings. The van der Waals surface area contributed by atoms with Gasteiger partial charge in [-0.2, -0.15) is 0 Å². The molecule has 1 nitrogen and oxygen atoms in total. The van der Waals surface area contributed by atoms with Crippen molar-refractivity contribution in [2.24, 2.45) is 0 Å². The number of rotatable bonds is 0. The van der Waals surface area contributed by atoms with Gasteiger partial charge in [0.05, 0.1) is 10.6 Å². The molecule has 0 heterocycles. The summed E-state index contributed by atoms with van der Waals surface area (Å²) in [5, 5.41) is 9.41. The third-order valence-corrected chi connectivity index (χ3v) is 2.87. The van der Waals surface area contributed by atoms with Crippen LogP contribution in [-0.2, 0) is 6.42 Å². The summed E-state index contributed by atoms with van der Waals surface area (Å²) < 4.78 is 13.8. The van der Waals surface area contributed by atoms with Crippen LogP contribution in [0.25, 0.3) is 0 Å². The van der Waals surface area contributed by atoms with E-state index in [9.17, 15) is 9.50 Å². The topological polar surface area (TPSA) is 20.2 Å². The second-order valence-electron chi connectivity index (χ2n) is 2.98. The number of aliphatic hydroxyl groups is 1. The minimum Gasteiger partial charge on any atom is -0.388 e. The first-order chi connectivity index (χ1) is 5.70. The van der Waals surface area contributed by atoms with Crippen molar-refractivity contribution in [3.63, 3.8) is 0 Å². The molecule has 1 aromatic carbocycles. The average molecular weight is 231 g/mol. The summed E-state index contributed by atoms with van der Waals surface area (Å²) in [5.41, 5.74) is 1.41. The molecule has 0 aliphatic heterocycles. The highest BCUT2D eigenvalue weighted by atomic mass is 79.9. The second-order valence-corrected chi connectivity index (χ2v) is 3.84. The Labute approximate surface area is 78.3 Å². The van der Waals surface area contributed by atoms with E-state index in [0.29, 0.717) is 22.9 Å². The average Bonchev–Trinajstić information content (AvgIpc) is 2.41. The number of benzene rings is 1. The SMILES string of the molecule is O[C@H]1CCc2c1ccc(Br)c2F. The van der Waals surface area contributed by atoms with E-state index in [0.717, 1.165) is 5.56 Å². The molecule has 1 atom stereocenters. The van der Waals surface area contributed by atoms with Gasteiger partial charge in [0, 0.05) is 0 Å². The van der Waals surface area contributed by atoms with Crippen LogP contribution < -0.4 is 0 Å². The van der Waals surface area contributed by atoms with E-state index in [1.807, 2.05) is 0 Å². The van der Waals surface area contributed by atoms with Gasteiger partial charge in [-0.3, -0.25) is 0 Å². The van der Waals surface area contributed by atoms with Crippen LogP contribution in [-0.4, -0.2) is 5.11 Å². The first-order valence-electron chi connectivity index (χ1n) is 3.85. The Hall–Kier alpha value is -0.410. The molecule has 0 saturated heterocycles. The maximum Gasteiger partial charge on any atom is 0.140 e. The highest BCUT2D eigenvalue weighted by molar-refractivity contribution is 9.10. The smallest absolute Gasteiger partial charge is 0.140 e. The molecule has 0 bridgehead atoms. The molecular formula is C9H8BrFO. The molecule has 0 unspecified atom stereocenters.